The first-order chi connectivity index (χ1) is 33.2. The number of hydrogen-bond donors (Lipinski definition) is 0. The molecule has 67 heavy (non-hydrogen) atoms. The van der Waals surface area contributed by atoms with Crippen molar-refractivity contribution in [2.75, 3.05) is 0 Å². The van der Waals surface area contributed by atoms with Crippen LogP contribution in [0, 0.1) is 0 Å². The van der Waals surface area contributed by atoms with Crippen LogP contribution in [0.15, 0.2) is 234 Å². The van der Waals surface area contributed by atoms with Gasteiger partial charge in [0, 0.05) is 48.3 Å². The highest BCUT2D eigenvalue weighted by molar-refractivity contribution is 7.99. The van der Waals surface area contributed by atoms with Crippen LogP contribution in [0.4, 0.5) is 0 Å². The van der Waals surface area contributed by atoms with Gasteiger partial charge in [0.1, 0.15) is 5.65 Å². The lowest BCUT2D eigenvalue weighted by Gasteiger charge is -2.22. The zero-order valence-corrected chi connectivity index (χ0v) is 36.8. The molecular weight excluding hydrogens is 835 g/mol. The highest BCUT2D eigenvalue weighted by Crippen LogP contribution is 2.50. The van der Waals surface area contributed by atoms with Crippen molar-refractivity contribution in [3.8, 4) is 67.8 Å². The summed E-state index contributed by atoms with van der Waals surface area (Å²) in [4.78, 5) is 17.9. The average Bonchev–Trinajstić information content (AvgIpc) is 3.92. The first-order valence-electron chi connectivity index (χ1n) is 22.6. The molecule has 0 unspecified atom stereocenters. The number of benzene rings is 10. The van der Waals surface area contributed by atoms with Crippen molar-refractivity contribution in [1.29, 1.82) is 0 Å². The SMILES string of the molecule is c1ccc(-n2c3ccccc3c3c4cccc5c4n(c32)-c2ccc(-c3ccc(-c4nc(-c6ccc(-c7ccc8ccccc8c7)cc6)nc(-c6ccc7ccccc7c6)n4)cc3)cc2S5)cc1. The molecule has 0 amide bonds. The Hall–Kier alpha value is -8.58. The van der Waals surface area contributed by atoms with E-state index in [1.807, 2.05) is 11.8 Å². The predicted molar refractivity (Wildman–Crippen MR) is 277 cm³/mol. The van der Waals surface area contributed by atoms with Crippen LogP contribution in [-0.4, -0.2) is 24.1 Å². The first kappa shape index (κ1) is 37.8. The van der Waals surface area contributed by atoms with E-state index in [9.17, 15) is 0 Å². The van der Waals surface area contributed by atoms with Gasteiger partial charge in [0.15, 0.2) is 17.5 Å². The van der Waals surface area contributed by atoms with E-state index in [-0.39, 0.29) is 0 Å². The van der Waals surface area contributed by atoms with Gasteiger partial charge in [0.2, 0.25) is 0 Å². The molecule has 0 N–H and O–H groups in total. The van der Waals surface area contributed by atoms with Crippen LogP contribution in [0.3, 0.4) is 0 Å². The molecule has 0 spiro atoms. The highest BCUT2D eigenvalue weighted by Gasteiger charge is 2.28. The van der Waals surface area contributed by atoms with Crippen LogP contribution in [0.2, 0.25) is 0 Å². The van der Waals surface area contributed by atoms with Crippen LogP contribution in [0.5, 0.6) is 0 Å². The third-order valence-electron chi connectivity index (χ3n) is 13.3. The van der Waals surface area contributed by atoms with Gasteiger partial charge in [-0.2, -0.15) is 0 Å². The van der Waals surface area contributed by atoms with E-state index < -0.39 is 0 Å². The molecule has 1 aliphatic heterocycles. The highest BCUT2D eigenvalue weighted by atomic mass is 32.2. The lowest BCUT2D eigenvalue weighted by Crippen LogP contribution is -2.05. The van der Waals surface area contributed by atoms with Gasteiger partial charge in [-0.15, -0.1) is 0 Å². The van der Waals surface area contributed by atoms with Gasteiger partial charge in [-0.3, -0.25) is 9.13 Å². The number of para-hydroxylation sites is 3. The van der Waals surface area contributed by atoms with Gasteiger partial charge in [-0.05, 0) is 92.3 Å². The quantitative estimate of drug-likeness (QED) is 0.167. The molecule has 5 nitrogen and oxygen atoms in total. The third kappa shape index (κ3) is 6.14. The smallest absolute Gasteiger partial charge is 0.164 e. The summed E-state index contributed by atoms with van der Waals surface area (Å²) in [6.45, 7) is 0. The van der Waals surface area contributed by atoms with Gasteiger partial charge < -0.3 is 0 Å². The lowest BCUT2D eigenvalue weighted by molar-refractivity contribution is 1.03. The van der Waals surface area contributed by atoms with Crippen molar-refractivity contribution in [2.45, 2.75) is 9.79 Å². The van der Waals surface area contributed by atoms with Gasteiger partial charge >= 0.3 is 0 Å². The summed E-state index contributed by atoms with van der Waals surface area (Å²) in [5.41, 5.74) is 13.4. The Morgan fingerprint density at radius 1 is 0.328 bits per heavy atom. The molecule has 14 rings (SSSR count). The van der Waals surface area contributed by atoms with Crippen LogP contribution in [0.25, 0.3) is 122 Å². The van der Waals surface area contributed by atoms with Crippen molar-refractivity contribution in [3.63, 3.8) is 0 Å². The van der Waals surface area contributed by atoms with Crippen LogP contribution in [0.1, 0.15) is 0 Å². The summed E-state index contributed by atoms with van der Waals surface area (Å²) in [5.74, 6) is 1.90. The zero-order chi connectivity index (χ0) is 44.0. The van der Waals surface area contributed by atoms with Crippen molar-refractivity contribution in [2.24, 2.45) is 0 Å². The van der Waals surface area contributed by atoms with Gasteiger partial charge in [0.25, 0.3) is 0 Å². The second-order valence-electron chi connectivity index (χ2n) is 17.2. The average molecular weight is 872 g/mol. The summed E-state index contributed by atoms with van der Waals surface area (Å²) in [5, 5.41) is 8.60. The second-order valence-corrected chi connectivity index (χ2v) is 18.3. The third-order valence-corrected chi connectivity index (χ3v) is 14.4. The van der Waals surface area contributed by atoms with Gasteiger partial charge in [-0.25, -0.2) is 15.0 Å². The Morgan fingerprint density at radius 3 is 1.52 bits per heavy atom. The molecule has 6 heteroatoms. The summed E-state index contributed by atoms with van der Waals surface area (Å²) in [6.07, 6.45) is 0. The molecule has 1 aliphatic rings. The minimum atomic E-state index is 0.630. The van der Waals surface area contributed by atoms with Gasteiger partial charge in [0.05, 0.1) is 16.7 Å². The lowest BCUT2D eigenvalue weighted by atomic mass is 10.00. The zero-order valence-electron chi connectivity index (χ0n) is 36.0. The topological polar surface area (TPSA) is 48.5 Å². The molecule has 3 aromatic heterocycles. The molecule has 0 radical (unpaired) electrons. The Balaban J connectivity index is 0.851. The number of nitrogens with zero attached hydrogens (tertiary/aromatic N) is 5. The van der Waals surface area contributed by atoms with E-state index in [0.717, 1.165) is 44.5 Å². The summed E-state index contributed by atoms with van der Waals surface area (Å²) in [7, 11) is 0. The molecule has 10 aromatic carbocycles. The van der Waals surface area contributed by atoms with E-state index in [0.29, 0.717) is 17.5 Å². The van der Waals surface area contributed by atoms with Crippen LogP contribution in [-0.2, 0) is 0 Å². The monoisotopic (exact) mass is 871 g/mol. The Bertz CT molecular complexity index is 4110. The second kappa shape index (κ2) is 15.0. The maximum Gasteiger partial charge on any atom is 0.164 e. The van der Waals surface area contributed by atoms with E-state index in [4.69, 9.17) is 15.0 Å². The fraction of sp³-hybridized carbons (Fsp3) is 0. The Labute approximate surface area is 390 Å². The molecule has 13 aromatic rings. The fourth-order valence-corrected chi connectivity index (χ4v) is 11.2. The summed E-state index contributed by atoms with van der Waals surface area (Å²) < 4.78 is 4.92. The number of fused-ring (bicyclic) bond motifs is 9. The summed E-state index contributed by atoms with van der Waals surface area (Å²) in [6, 6.07) is 80.3. The van der Waals surface area contributed by atoms with E-state index in [1.54, 1.807) is 0 Å². The molecule has 312 valence electrons. The number of hydrogen-bond acceptors (Lipinski definition) is 4. The standard InChI is InChI=1S/C61H37N5S/c1-2-15-49(16-3-1)65-52-19-9-8-17-50(52)56-51-18-10-20-54-57(51)66(61(56)65)53-34-33-47(37-55(53)67-54)41-23-29-43(30-24-41)59-62-58(63-60(64-59)48-32-26-39-12-5-7-14-45(39)36-48)42-27-21-40(22-28-42)46-31-25-38-11-4-6-13-44(38)35-46/h1-37H. The fourth-order valence-electron chi connectivity index (χ4n) is 10.1. The van der Waals surface area contributed by atoms with Crippen LogP contribution < -0.4 is 0 Å². The predicted octanol–water partition coefficient (Wildman–Crippen LogP) is 16.0. The minimum absolute atomic E-state index is 0.630. The minimum Gasteiger partial charge on any atom is -0.295 e. The van der Waals surface area contributed by atoms with E-state index in [1.165, 1.54) is 70.0 Å². The van der Waals surface area contributed by atoms with Gasteiger partial charge in [-0.1, -0.05) is 188 Å². The number of rotatable bonds is 6. The molecule has 0 saturated heterocycles. The Kier molecular flexibility index (Phi) is 8.45. The maximum absolute atomic E-state index is 5.14. The van der Waals surface area contributed by atoms with Crippen LogP contribution >= 0.6 is 11.8 Å². The normalized spacial score (nSPS) is 12.1. The Morgan fingerprint density at radius 2 is 0.836 bits per heavy atom. The molecule has 0 atom stereocenters. The van der Waals surface area contributed by atoms with Crippen molar-refractivity contribution in [1.82, 2.24) is 24.1 Å². The number of aromatic nitrogens is 5. The van der Waals surface area contributed by atoms with Crippen molar-refractivity contribution >= 4 is 66.1 Å². The summed E-state index contributed by atoms with van der Waals surface area (Å²) >= 11 is 1.85. The molecule has 4 heterocycles. The van der Waals surface area contributed by atoms with Crippen molar-refractivity contribution < 1.29 is 0 Å². The van der Waals surface area contributed by atoms with Crippen molar-refractivity contribution in [3.05, 3.63) is 224 Å². The van der Waals surface area contributed by atoms with E-state index in [2.05, 4.69) is 234 Å². The maximum atomic E-state index is 5.14. The molecule has 0 bridgehead atoms. The molecule has 0 fully saturated rings. The first-order valence-corrected chi connectivity index (χ1v) is 23.4. The molecular formula is C61H37N5S. The molecule has 0 aliphatic carbocycles. The van der Waals surface area contributed by atoms with E-state index >= 15 is 0 Å². The largest absolute Gasteiger partial charge is 0.295 e. The molecule has 0 saturated carbocycles.